The first-order valence-electron chi connectivity index (χ1n) is 31.2. The zero-order valence-electron chi connectivity index (χ0n) is 57.9. The molecule has 0 fully saturated rings. The maximum absolute atomic E-state index is 10.5. The fourth-order valence-corrected chi connectivity index (χ4v) is 6.24. The molecule has 8 aromatic carbocycles. The van der Waals surface area contributed by atoms with Crippen molar-refractivity contribution in [2.75, 3.05) is 4.90 Å². The summed E-state index contributed by atoms with van der Waals surface area (Å²) in [5, 5.41) is 0. The molecule has 234 valence electrons. The van der Waals surface area contributed by atoms with Crippen LogP contribution in [0, 0.1) is 0 Å². The lowest BCUT2D eigenvalue weighted by Gasteiger charge is -2.32. The first-order chi connectivity index (χ1) is 38.5. The number of hydrogen-bond acceptors (Lipinski definition) is 1. The van der Waals surface area contributed by atoms with Gasteiger partial charge in [0.25, 0.3) is 0 Å². The van der Waals surface area contributed by atoms with E-state index < -0.39 is 289 Å². The first-order valence-corrected chi connectivity index (χ1v) is 14.7. The average molecular weight is 669 g/mol. The van der Waals surface area contributed by atoms with Crippen molar-refractivity contribution in [3.63, 3.8) is 0 Å². The van der Waals surface area contributed by atoms with Gasteiger partial charge >= 0.3 is 0 Å². The minimum Gasteiger partial charge on any atom is -0.310 e. The minimum absolute atomic E-state index is 0.269. The Balaban J connectivity index is 1.49. The molecular weight excluding hydrogens is 603 g/mol. The highest BCUT2D eigenvalue weighted by Crippen LogP contribution is 2.63. The summed E-state index contributed by atoms with van der Waals surface area (Å²) in [6.45, 7) is 0. The topological polar surface area (TPSA) is 3.24 Å². The highest BCUT2D eigenvalue weighted by atomic mass is 15.1. The Kier molecular flexibility index (Phi) is 2.44. The van der Waals surface area contributed by atoms with E-state index in [1.165, 1.54) is 0 Å². The zero-order chi connectivity index (χ0) is 61.8. The van der Waals surface area contributed by atoms with E-state index in [0.717, 1.165) is 0 Å². The van der Waals surface area contributed by atoms with E-state index in [4.69, 9.17) is 21.9 Å². The average Bonchev–Trinajstić information content (AvgIpc) is 1.49. The van der Waals surface area contributed by atoms with Gasteiger partial charge in [-0.25, -0.2) is 0 Å². The number of anilines is 3. The molecular formula is C49H33N. The fraction of sp³-hybridized carbons (Fsp3) is 0.0204. The van der Waals surface area contributed by atoms with Crippen LogP contribution in [-0.2, 0) is 5.41 Å². The lowest BCUT2D eigenvalue weighted by molar-refractivity contribution is 0.793. The Morgan fingerprint density at radius 3 is 1.08 bits per heavy atom. The van der Waals surface area contributed by atoms with E-state index in [9.17, 15) is 23.3 Å². The van der Waals surface area contributed by atoms with Crippen LogP contribution in [0.15, 0.2) is 199 Å². The second kappa shape index (κ2) is 11.3. The van der Waals surface area contributed by atoms with Crippen molar-refractivity contribution in [1.29, 1.82) is 0 Å². The maximum Gasteiger partial charge on any atom is 0.0726 e. The van der Waals surface area contributed by atoms with Crippen molar-refractivity contribution < 1.29 is 45.2 Å². The Morgan fingerprint density at radius 1 is 0.300 bits per heavy atom. The van der Waals surface area contributed by atoms with Crippen molar-refractivity contribution >= 4 is 17.1 Å². The number of nitrogens with zero attached hydrogens (tertiary/aromatic N) is 1. The number of fused-ring (bicyclic) bond motifs is 10. The van der Waals surface area contributed by atoms with Crippen molar-refractivity contribution in [3.05, 3.63) is 222 Å². The van der Waals surface area contributed by atoms with Crippen molar-refractivity contribution in [3.8, 4) is 44.5 Å². The molecule has 0 aromatic heterocycles. The van der Waals surface area contributed by atoms with Crippen LogP contribution in [0.25, 0.3) is 44.5 Å². The molecule has 0 saturated carbocycles. The lowest BCUT2D eigenvalue weighted by atomic mass is 9.70. The molecule has 0 saturated heterocycles. The van der Waals surface area contributed by atoms with Crippen LogP contribution in [0.3, 0.4) is 0 Å². The van der Waals surface area contributed by atoms with Crippen LogP contribution in [0.5, 0.6) is 0 Å². The van der Waals surface area contributed by atoms with E-state index in [1.807, 2.05) is 0 Å². The zero-order valence-corrected chi connectivity index (χ0v) is 24.9. The molecule has 0 atom stereocenters. The van der Waals surface area contributed by atoms with E-state index in [-0.39, 0.29) is 4.90 Å². The summed E-state index contributed by atoms with van der Waals surface area (Å²) in [7, 11) is 0. The summed E-state index contributed by atoms with van der Waals surface area (Å²) in [5.41, 5.74) is -16.5. The number of benzene rings is 8. The quantitative estimate of drug-likeness (QED) is 0.176. The van der Waals surface area contributed by atoms with Gasteiger partial charge in [0.1, 0.15) is 0 Å². The molecule has 8 aromatic rings. The van der Waals surface area contributed by atoms with Gasteiger partial charge in [-0.1, -0.05) is 163 Å². The smallest absolute Gasteiger partial charge is 0.0726 e. The van der Waals surface area contributed by atoms with Gasteiger partial charge in [0.2, 0.25) is 0 Å². The molecule has 0 heterocycles. The van der Waals surface area contributed by atoms with E-state index in [1.54, 1.807) is 0 Å². The monoisotopic (exact) mass is 668 g/mol. The van der Waals surface area contributed by atoms with Gasteiger partial charge in [0.05, 0.1) is 50.7 Å². The maximum atomic E-state index is 10.5. The van der Waals surface area contributed by atoms with E-state index in [0.29, 0.717) is 0 Å². The minimum atomic E-state index is -3.03. The summed E-state index contributed by atoms with van der Waals surface area (Å²) in [6.07, 6.45) is 0. The van der Waals surface area contributed by atoms with E-state index in [2.05, 4.69) is 0 Å². The molecule has 0 N–H and O–H groups in total. The molecule has 0 unspecified atom stereocenters. The van der Waals surface area contributed by atoms with Gasteiger partial charge in [-0.05, 0) is 103 Å². The molecule has 50 heavy (non-hydrogen) atoms. The normalized spacial score (nSPS) is 22.2. The molecule has 1 heteroatoms. The summed E-state index contributed by atoms with van der Waals surface area (Å²) in [5.74, 6) is 0. The molecule has 2 aliphatic carbocycles. The van der Waals surface area contributed by atoms with Crippen LogP contribution in [0.2, 0.25) is 0 Å². The third-order valence-electron chi connectivity index (χ3n) is 8.26. The second-order valence-corrected chi connectivity index (χ2v) is 10.8. The van der Waals surface area contributed by atoms with Crippen LogP contribution < -0.4 is 4.90 Å². The molecule has 2 aliphatic rings. The molecule has 1 nitrogen and oxygen atoms in total. The molecule has 0 amide bonds. The van der Waals surface area contributed by atoms with Crippen molar-refractivity contribution in [1.82, 2.24) is 0 Å². The van der Waals surface area contributed by atoms with Crippen LogP contribution in [-0.4, -0.2) is 0 Å². The standard InChI is InChI=1S/C49H33N/c1-3-13-34(14-4-1)36-23-27-38(28-24-36)50(39-29-25-37(26-30-39)35-15-5-2-6-16-35)40-31-32-44-43-19-9-12-22-47(43)49(48(44)33-40)45-20-10-7-17-41(45)42-18-8-11-21-46(42)49/h1-33H/i1D,2D,3D,4D,5D,6D,7D,8D,9D,10D,11D,12D,13D,14D,15D,16D,17D,18D,19D,20D,21D,22D,23D,24D,25D,26D,27D,28D,29D,30D,31D,32D,33D. The largest absolute Gasteiger partial charge is 0.310 e. The Morgan fingerprint density at radius 2 is 0.640 bits per heavy atom. The second-order valence-electron chi connectivity index (χ2n) is 10.8. The SMILES string of the molecule is [2H]c1c([2H])c([2H])c(-c2c([2H])c([2H])c(N(c3c([2H])c([2H])c(-c4c([2H])c([2H])c([2H])c([2H])c4[2H])c([2H])c3[2H])c3c([2H])c([2H])c4c(c3[2H])C3(c5c([2H])c([2H])c([2H])c([2H])c5-c5c([2H])c([2H])c([2H])c([2H])c53)c3c([2H])c([2H])c([2H])c([2H])c3-4)c([2H])c2[2H])c([2H])c1[2H]. The van der Waals surface area contributed by atoms with Crippen LogP contribution >= 0.6 is 0 Å². The predicted molar refractivity (Wildman–Crippen MR) is 208 cm³/mol. The van der Waals surface area contributed by atoms with Crippen LogP contribution in [0.1, 0.15) is 67.5 Å². The van der Waals surface area contributed by atoms with Gasteiger partial charge in [-0.2, -0.15) is 0 Å². The molecule has 10 rings (SSSR count). The van der Waals surface area contributed by atoms with E-state index >= 15 is 0 Å². The fourth-order valence-electron chi connectivity index (χ4n) is 6.24. The summed E-state index contributed by atoms with van der Waals surface area (Å²) >= 11 is 0. The number of hydrogen-bond donors (Lipinski definition) is 0. The highest BCUT2D eigenvalue weighted by Gasteiger charge is 2.51. The highest BCUT2D eigenvalue weighted by molar-refractivity contribution is 5.96. The Bertz CT molecular complexity index is 4080. The molecule has 0 bridgehead atoms. The van der Waals surface area contributed by atoms with Crippen molar-refractivity contribution in [2.45, 2.75) is 5.41 Å². The molecule has 0 radical (unpaired) electrons. The number of rotatable bonds is 5. The Hall–Kier alpha value is -6.44. The Labute approximate surface area is 339 Å². The predicted octanol–water partition coefficient (Wildman–Crippen LogP) is 12.8. The summed E-state index contributed by atoms with van der Waals surface area (Å²) in [4.78, 5) is 0.269. The molecule has 1 spiro atoms. The van der Waals surface area contributed by atoms with Crippen LogP contribution in [0.4, 0.5) is 17.1 Å². The van der Waals surface area contributed by atoms with Gasteiger partial charge < -0.3 is 4.90 Å². The lowest BCUT2D eigenvalue weighted by Crippen LogP contribution is -2.26. The third kappa shape index (κ3) is 4.20. The summed E-state index contributed by atoms with van der Waals surface area (Å²) in [6, 6.07) is -36.2. The third-order valence-corrected chi connectivity index (χ3v) is 8.26. The summed E-state index contributed by atoms with van der Waals surface area (Å²) < 4.78 is 301. The molecule has 0 aliphatic heterocycles. The van der Waals surface area contributed by atoms with Gasteiger partial charge in [0.15, 0.2) is 0 Å². The van der Waals surface area contributed by atoms with Gasteiger partial charge in [-0.15, -0.1) is 0 Å². The first kappa shape index (κ1) is 10.8. The van der Waals surface area contributed by atoms with Gasteiger partial charge in [-0.3, -0.25) is 0 Å². The van der Waals surface area contributed by atoms with Crippen molar-refractivity contribution in [2.24, 2.45) is 0 Å². The van der Waals surface area contributed by atoms with Gasteiger partial charge in [0, 0.05) is 17.1 Å².